The molecule has 0 aromatic heterocycles. The first kappa shape index (κ1) is 23.5. The average Bonchev–Trinajstić information content (AvgIpc) is 3.40. The van der Waals surface area contributed by atoms with Crippen molar-refractivity contribution in [3.05, 3.63) is 82.1 Å². The zero-order valence-corrected chi connectivity index (χ0v) is 19.1. The number of carbonyl (C=O) groups excluding carboxylic acids is 2. The monoisotopic (exact) mass is 484 g/mol. The van der Waals surface area contributed by atoms with E-state index in [0.29, 0.717) is 24.3 Å². The van der Waals surface area contributed by atoms with Crippen LogP contribution in [-0.2, 0) is 22.2 Å². The highest BCUT2D eigenvalue weighted by Crippen LogP contribution is 2.42. The number of carbonyl (C=O) groups is 2. The lowest BCUT2D eigenvalue weighted by atomic mass is 9.82. The molecule has 184 valence electrons. The lowest BCUT2D eigenvalue weighted by Crippen LogP contribution is -2.39. The zero-order chi connectivity index (χ0) is 24.7. The van der Waals surface area contributed by atoms with Crippen molar-refractivity contribution in [3.8, 4) is 0 Å². The summed E-state index contributed by atoms with van der Waals surface area (Å²) in [6.45, 7) is -0.115. The zero-order valence-electron chi connectivity index (χ0n) is 19.1. The van der Waals surface area contributed by atoms with Gasteiger partial charge >= 0.3 is 6.18 Å². The fraction of sp³-hybridized carbons (Fsp3) is 0.407. The second-order valence-corrected chi connectivity index (χ2v) is 9.66. The Balaban J connectivity index is 1.24. The molecule has 1 heterocycles. The third-order valence-electron chi connectivity index (χ3n) is 7.58. The number of alkyl halides is 3. The van der Waals surface area contributed by atoms with Gasteiger partial charge in [-0.25, -0.2) is 0 Å². The Morgan fingerprint density at radius 3 is 2.40 bits per heavy atom. The van der Waals surface area contributed by atoms with Crippen molar-refractivity contribution in [3.63, 3.8) is 0 Å². The summed E-state index contributed by atoms with van der Waals surface area (Å²) in [6.07, 6.45) is -0.0254. The average molecular weight is 485 g/mol. The Labute approximate surface area is 201 Å². The maximum Gasteiger partial charge on any atom is 0.416 e. The van der Waals surface area contributed by atoms with E-state index in [2.05, 4.69) is 17.4 Å². The predicted molar refractivity (Wildman–Crippen MR) is 123 cm³/mol. The molecule has 2 aliphatic carbocycles. The van der Waals surface area contributed by atoms with Crippen molar-refractivity contribution >= 4 is 11.8 Å². The van der Waals surface area contributed by atoms with Crippen molar-refractivity contribution in [2.24, 2.45) is 0 Å². The molecule has 8 heteroatoms. The summed E-state index contributed by atoms with van der Waals surface area (Å²) < 4.78 is 39.7. The minimum absolute atomic E-state index is 0.0133. The molecule has 0 bridgehead atoms. The Morgan fingerprint density at radius 1 is 1.00 bits per heavy atom. The molecule has 2 amide bonds. The number of benzene rings is 2. The van der Waals surface area contributed by atoms with Crippen molar-refractivity contribution in [1.82, 2.24) is 10.2 Å². The lowest BCUT2D eigenvalue weighted by molar-refractivity contribution is -0.137. The smallest absolute Gasteiger partial charge is 0.416 e. The van der Waals surface area contributed by atoms with Gasteiger partial charge in [0.2, 0.25) is 0 Å². The van der Waals surface area contributed by atoms with E-state index in [1.54, 1.807) is 0 Å². The number of nitrogens with zero attached hydrogens (tertiary/aromatic N) is 1. The molecule has 0 unspecified atom stereocenters. The third-order valence-corrected chi connectivity index (χ3v) is 7.58. The molecule has 0 radical (unpaired) electrons. The maximum atomic E-state index is 13.2. The van der Waals surface area contributed by atoms with E-state index in [0.717, 1.165) is 43.4 Å². The number of aliphatic hydroxyl groups is 1. The van der Waals surface area contributed by atoms with Gasteiger partial charge in [0.05, 0.1) is 23.7 Å². The number of hydrogen-bond donors (Lipinski definition) is 2. The molecule has 5 rings (SSSR count). The number of halogens is 3. The molecule has 0 spiro atoms. The highest BCUT2D eigenvalue weighted by molar-refractivity contribution is 6.07. The summed E-state index contributed by atoms with van der Waals surface area (Å²) in [5, 5.41) is 13.4. The second-order valence-electron chi connectivity index (χ2n) is 9.66. The van der Waals surface area contributed by atoms with E-state index in [-0.39, 0.29) is 18.2 Å². The molecular formula is C27H27F3N2O3. The van der Waals surface area contributed by atoms with Crippen LogP contribution in [0, 0.1) is 0 Å². The van der Waals surface area contributed by atoms with Crippen LogP contribution in [0.5, 0.6) is 0 Å². The topological polar surface area (TPSA) is 69.6 Å². The van der Waals surface area contributed by atoms with Gasteiger partial charge in [0, 0.05) is 6.04 Å². The SMILES string of the molecule is O=C(N[C@H]1CC[C@H](c2ccccc2)CC1)C1=C(O)C(=O)N([C@H]2CCc3ccc(C(F)(F)F)cc32)C1. The molecule has 3 aliphatic rings. The molecule has 0 saturated heterocycles. The van der Waals surface area contributed by atoms with Crippen molar-refractivity contribution in [2.45, 2.75) is 62.7 Å². The van der Waals surface area contributed by atoms with Gasteiger partial charge in [-0.3, -0.25) is 9.59 Å². The van der Waals surface area contributed by atoms with Gasteiger partial charge in [-0.05, 0) is 73.3 Å². The molecular weight excluding hydrogens is 457 g/mol. The van der Waals surface area contributed by atoms with Gasteiger partial charge in [0.1, 0.15) is 0 Å². The summed E-state index contributed by atoms with van der Waals surface area (Å²) in [4.78, 5) is 27.1. The van der Waals surface area contributed by atoms with Crippen LogP contribution in [0.4, 0.5) is 13.2 Å². The number of aryl methyl sites for hydroxylation is 1. The summed E-state index contributed by atoms with van der Waals surface area (Å²) in [5.74, 6) is -1.35. The van der Waals surface area contributed by atoms with Gasteiger partial charge in [0.25, 0.3) is 11.8 Å². The van der Waals surface area contributed by atoms with Crippen molar-refractivity contribution in [2.75, 3.05) is 6.54 Å². The van der Waals surface area contributed by atoms with Gasteiger partial charge in [-0.1, -0.05) is 36.4 Å². The molecule has 5 nitrogen and oxygen atoms in total. The van der Waals surface area contributed by atoms with Crippen LogP contribution in [0.2, 0.25) is 0 Å². The van der Waals surface area contributed by atoms with E-state index < -0.39 is 35.4 Å². The molecule has 1 atom stereocenters. The van der Waals surface area contributed by atoms with Crippen LogP contribution >= 0.6 is 0 Å². The molecule has 2 aromatic rings. The van der Waals surface area contributed by atoms with Crippen LogP contribution in [0.3, 0.4) is 0 Å². The Kier molecular flexibility index (Phi) is 6.07. The van der Waals surface area contributed by atoms with Gasteiger partial charge in [-0.2, -0.15) is 13.2 Å². The Bertz CT molecular complexity index is 1170. The second kappa shape index (κ2) is 9.06. The van der Waals surface area contributed by atoms with Crippen LogP contribution < -0.4 is 5.32 Å². The van der Waals surface area contributed by atoms with E-state index >= 15 is 0 Å². The summed E-state index contributed by atoms with van der Waals surface area (Å²) in [5.41, 5.74) is 1.70. The summed E-state index contributed by atoms with van der Waals surface area (Å²) >= 11 is 0. The lowest BCUT2D eigenvalue weighted by Gasteiger charge is -2.29. The van der Waals surface area contributed by atoms with E-state index in [1.165, 1.54) is 16.5 Å². The molecule has 1 fully saturated rings. The highest BCUT2D eigenvalue weighted by atomic mass is 19.4. The van der Waals surface area contributed by atoms with Crippen LogP contribution in [0.15, 0.2) is 59.9 Å². The van der Waals surface area contributed by atoms with Gasteiger partial charge in [0.15, 0.2) is 5.76 Å². The molecule has 35 heavy (non-hydrogen) atoms. The van der Waals surface area contributed by atoms with E-state index in [9.17, 15) is 27.9 Å². The first-order valence-corrected chi connectivity index (χ1v) is 12.0. The number of rotatable bonds is 4. The summed E-state index contributed by atoms with van der Waals surface area (Å²) in [7, 11) is 0. The van der Waals surface area contributed by atoms with E-state index in [4.69, 9.17) is 0 Å². The van der Waals surface area contributed by atoms with Crippen LogP contribution in [0.1, 0.15) is 66.3 Å². The number of amides is 2. The third kappa shape index (κ3) is 4.54. The standard InChI is InChI=1S/C27H27F3N2O3/c28-27(29,30)19-10-6-18-9-13-23(21(18)14-19)32-15-22(24(33)26(32)35)25(34)31-20-11-7-17(8-12-20)16-4-2-1-3-5-16/h1-6,10,14,17,20,23,33H,7-9,11-13,15H2,(H,31,34)/t17-,20-,23-/m0/s1. The molecule has 1 saturated carbocycles. The molecule has 2 N–H and O–H groups in total. The number of hydrogen-bond acceptors (Lipinski definition) is 3. The van der Waals surface area contributed by atoms with Crippen molar-refractivity contribution in [1.29, 1.82) is 0 Å². The predicted octanol–water partition coefficient (Wildman–Crippen LogP) is 5.19. The quantitative estimate of drug-likeness (QED) is 0.628. The Hall–Kier alpha value is -3.29. The normalized spacial score (nSPS) is 24.6. The first-order valence-electron chi connectivity index (χ1n) is 12.0. The number of aliphatic hydroxyl groups excluding tert-OH is 1. The minimum Gasteiger partial charge on any atom is -0.503 e. The van der Waals surface area contributed by atoms with Gasteiger partial charge in [-0.15, -0.1) is 0 Å². The minimum atomic E-state index is -4.48. The summed E-state index contributed by atoms with van der Waals surface area (Å²) in [6, 6.07) is 13.2. The largest absolute Gasteiger partial charge is 0.503 e. The van der Waals surface area contributed by atoms with E-state index in [1.807, 2.05) is 18.2 Å². The molecule has 1 aliphatic heterocycles. The molecule has 2 aromatic carbocycles. The number of nitrogens with one attached hydrogen (secondary N) is 1. The fourth-order valence-electron chi connectivity index (χ4n) is 5.66. The maximum absolute atomic E-state index is 13.2. The fourth-order valence-corrected chi connectivity index (χ4v) is 5.66. The number of fused-ring (bicyclic) bond motifs is 1. The van der Waals surface area contributed by atoms with Crippen molar-refractivity contribution < 1.29 is 27.9 Å². The highest BCUT2D eigenvalue weighted by Gasteiger charge is 2.42. The van der Waals surface area contributed by atoms with Gasteiger partial charge < -0.3 is 15.3 Å². The van der Waals surface area contributed by atoms with Crippen LogP contribution in [-0.4, -0.2) is 34.4 Å². The Morgan fingerprint density at radius 2 is 1.71 bits per heavy atom. The first-order chi connectivity index (χ1) is 16.7. The van der Waals surface area contributed by atoms with Crippen LogP contribution in [0.25, 0.3) is 0 Å².